The number of amides is 1. The summed E-state index contributed by atoms with van der Waals surface area (Å²) in [5.41, 5.74) is 2.11. The van der Waals surface area contributed by atoms with Crippen LogP contribution in [-0.4, -0.2) is 21.4 Å². The number of nitrogens with zero attached hydrogens (tertiary/aromatic N) is 2. The summed E-state index contributed by atoms with van der Waals surface area (Å²) in [6.45, 7) is 8.05. The van der Waals surface area contributed by atoms with Crippen LogP contribution >= 0.6 is 15.9 Å². The molecule has 0 saturated carbocycles. The van der Waals surface area contributed by atoms with Crippen LogP contribution in [0.5, 0.6) is 0 Å². The minimum absolute atomic E-state index is 0.128. The van der Waals surface area contributed by atoms with E-state index in [1.165, 1.54) is 12.4 Å². The maximum atomic E-state index is 12.2. The Bertz CT molecular complexity index is 678. The number of aryl methyl sites for hydroxylation is 1. The van der Waals surface area contributed by atoms with Crippen LogP contribution in [0.4, 0.5) is 11.6 Å². The van der Waals surface area contributed by atoms with Crippen LogP contribution < -0.4 is 10.6 Å². The van der Waals surface area contributed by atoms with Gasteiger partial charge in [-0.25, -0.2) is 9.97 Å². The fourth-order valence-electron chi connectivity index (χ4n) is 1.76. The lowest BCUT2D eigenvalue weighted by atomic mass is 10.1. The Labute approximate surface area is 138 Å². The van der Waals surface area contributed by atoms with Gasteiger partial charge in [0.1, 0.15) is 0 Å². The van der Waals surface area contributed by atoms with Crippen molar-refractivity contribution in [3.05, 3.63) is 46.2 Å². The van der Waals surface area contributed by atoms with Crippen molar-refractivity contribution in [1.82, 2.24) is 9.97 Å². The second kappa shape index (κ2) is 6.44. The molecule has 1 aromatic heterocycles. The number of anilines is 2. The Hall–Kier alpha value is -1.95. The first-order chi connectivity index (χ1) is 10.2. The molecule has 2 rings (SSSR count). The van der Waals surface area contributed by atoms with E-state index in [1.807, 2.05) is 45.9 Å². The van der Waals surface area contributed by atoms with Crippen LogP contribution in [0.1, 0.15) is 36.7 Å². The van der Waals surface area contributed by atoms with E-state index in [1.54, 1.807) is 0 Å². The summed E-state index contributed by atoms with van der Waals surface area (Å²) in [6, 6.07) is 5.74. The van der Waals surface area contributed by atoms with Gasteiger partial charge >= 0.3 is 0 Å². The standard InChI is InChI=1S/C16H19BrN4O/c1-10-5-6-13(12(17)7-10)20-14(22)11-8-18-15(19-9-11)21-16(2,3)4/h5-9H,1-4H3,(H,20,22)(H,18,19,21). The molecule has 22 heavy (non-hydrogen) atoms. The summed E-state index contributed by atoms with van der Waals surface area (Å²) in [6.07, 6.45) is 3.02. The SMILES string of the molecule is Cc1ccc(NC(=O)c2cnc(NC(C)(C)C)nc2)c(Br)c1. The Morgan fingerprint density at radius 3 is 2.36 bits per heavy atom. The van der Waals surface area contributed by atoms with Gasteiger partial charge in [-0.1, -0.05) is 6.07 Å². The van der Waals surface area contributed by atoms with E-state index >= 15 is 0 Å². The topological polar surface area (TPSA) is 66.9 Å². The Kier molecular flexibility index (Phi) is 4.81. The minimum Gasteiger partial charge on any atom is -0.350 e. The van der Waals surface area contributed by atoms with Crippen molar-refractivity contribution in [2.75, 3.05) is 10.6 Å². The highest BCUT2D eigenvalue weighted by molar-refractivity contribution is 9.10. The Morgan fingerprint density at radius 2 is 1.82 bits per heavy atom. The van der Waals surface area contributed by atoms with E-state index in [9.17, 15) is 4.79 Å². The molecular formula is C16H19BrN4O. The maximum absolute atomic E-state index is 12.2. The quantitative estimate of drug-likeness (QED) is 0.865. The number of carbonyl (C=O) groups is 1. The first kappa shape index (κ1) is 16.4. The fourth-order valence-corrected chi connectivity index (χ4v) is 2.35. The average Bonchev–Trinajstić information content (AvgIpc) is 2.41. The lowest BCUT2D eigenvalue weighted by molar-refractivity contribution is 0.102. The van der Waals surface area contributed by atoms with E-state index in [0.717, 1.165) is 10.0 Å². The van der Waals surface area contributed by atoms with Gasteiger partial charge in [-0.05, 0) is 61.3 Å². The first-order valence-corrected chi connectivity index (χ1v) is 7.72. The molecular weight excluding hydrogens is 344 g/mol. The fraction of sp³-hybridized carbons (Fsp3) is 0.312. The van der Waals surface area contributed by atoms with Gasteiger partial charge < -0.3 is 10.6 Å². The summed E-state index contributed by atoms with van der Waals surface area (Å²) < 4.78 is 0.841. The van der Waals surface area contributed by atoms with Crippen LogP contribution in [0.3, 0.4) is 0 Å². The monoisotopic (exact) mass is 362 g/mol. The highest BCUT2D eigenvalue weighted by atomic mass is 79.9. The highest BCUT2D eigenvalue weighted by Gasteiger charge is 2.13. The van der Waals surface area contributed by atoms with Crippen molar-refractivity contribution in [2.45, 2.75) is 33.2 Å². The van der Waals surface area contributed by atoms with Crippen LogP contribution in [0.15, 0.2) is 35.1 Å². The largest absolute Gasteiger partial charge is 0.350 e. The molecule has 1 amide bonds. The molecule has 5 nitrogen and oxygen atoms in total. The lowest BCUT2D eigenvalue weighted by Crippen LogP contribution is -2.27. The number of rotatable bonds is 3. The van der Waals surface area contributed by atoms with Gasteiger partial charge in [-0.15, -0.1) is 0 Å². The van der Waals surface area contributed by atoms with E-state index in [0.29, 0.717) is 17.2 Å². The van der Waals surface area contributed by atoms with Crippen molar-refractivity contribution in [2.24, 2.45) is 0 Å². The summed E-state index contributed by atoms with van der Waals surface area (Å²) in [4.78, 5) is 20.6. The highest BCUT2D eigenvalue weighted by Crippen LogP contribution is 2.23. The second-order valence-electron chi connectivity index (χ2n) is 6.11. The smallest absolute Gasteiger partial charge is 0.258 e. The molecule has 0 bridgehead atoms. The molecule has 1 aromatic carbocycles. The third-order valence-corrected chi connectivity index (χ3v) is 3.43. The lowest BCUT2D eigenvalue weighted by Gasteiger charge is -2.20. The summed E-state index contributed by atoms with van der Waals surface area (Å²) in [5.74, 6) is 0.257. The molecule has 0 atom stereocenters. The van der Waals surface area contributed by atoms with Crippen LogP contribution in [0.25, 0.3) is 0 Å². The second-order valence-corrected chi connectivity index (χ2v) is 6.96. The zero-order valence-electron chi connectivity index (χ0n) is 13.1. The number of benzene rings is 1. The number of hydrogen-bond acceptors (Lipinski definition) is 4. The molecule has 0 radical (unpaired) electrons. The summed E-state index contributed by atoms with van der Waals surface area (Å²) in [7, 11) is 0. The third kappa shape index (κ3) is 4.53. The van der Waals surface area contributed by atoms with E-state index < -0.39 is 0 Å². The summed E-state index contributed by atoms with van der Waals surface area (Å²) >= 11 is 3.44. The van der Waals surface area contributed by atoms with E-state index in [2.05, 4.69) is 36.5 Å². The molecule has 6 heteroatoms. The van der Waals surface area contributed by atoms with Gasteiger partial charge in [0.2, 0.25) is 5.95 Å². The van der Waals surface area contributed by atoms with Crippen molar-refractivity contribution in [1.29, 1.82) is 0 Å². The van der Waals surface area contributed by atoms with Crippen LogP contribution in [0.2, 0.25) is 0 Å². The van der Waals surface area contributed by atoms with Crippen molar-refractivity contribution in [3.8, 4) is 0 Å². The molecule has 1 heterocycles. The van der Waals surface area contributed by atoms with Gasteiger partial charge in [0.15, 0.2) is 0 Å². The zero-order chi connectivity index (χ0) is 16.3. The predicted molar refractivity (Wildman–Crippen MR) is 92.2 cm³/mol. The van der Waals surface area contributed by atoms with Crippen LogP contribution in [0, 0.1) is 6.92 Å². The molecule has 116 valence electrons. The minimum atomic E-state index is -0.244. The number of carbonyl (C=O) groups excluding carboxylic acids is 1. The van der Waals surface area contributed by atoms with Crippen molar-refractivity contribution in [3.63, 3.8) is 0 Å². The van der Waals surface area contributed by atoms with Gasteiger partial charge in [-0.3, -0.25) is 4.79 Å². The molecule has 0 unspecified atom stereocenters. The summed E-state index contributed by atoms with van der Waals surface area (Å²) in [5, 5.41) is 5.99. The molecule has 0 fully saturated rings. The molecule has 0 aliphatic carbocycles. The van der Waals surface area contributed by atoms with Crippen molar-refractivity contribution < 1.29 is 4.79 Å². The molecule has 2 aromatic rings. The van der Waals surface area contributed by atoms with Gasteiger partial charge in [-0.2, -0.15) is 0 Å². The maximum Gasteiger partial charge on any atom is 0.258 e. The number of halogens is 1. The third-order valence-electron chi connectivity index (χ3n) is 2.77. The zero-order valence-corrected chi connectivity index (χ0v) is 14.7. The van der Waals surface area contributed by atoms with Gasteiger partial charge in [0.05, 0.1) is 11.3 Å². The normalized spacial score (nSPS) is 11.1. The molecule has 0 aliphatic heterocycles. The number of nitrogens with one attached hydrogen (secondary N) is 2. The van der Waals surface area contributed by atoms with Gasteiger partial charge in [0, 0.05) is 22.4 Å². The Balaban J connectivity index is 2.10. The predicted octanol–water partition coefficient (Wildman–Crippen LogP) is 4.01. The Morgan fingerprint density at radius 1 is 1.18 bits per heavy atom. The molecule has 0 saturated heterocycles. The van der Waals surface area contributed by atoms with Crippen molar-refractivity contribution >= 4 is 33.5 Å². The van der Waals surface area contributed by atoms with Gasteiger partial charge in [0.25, 0.3) is 5.91 Å². The molecule has 2 N–H and O–H groups in total. The number of hydrogen-bond donors (Lipinski definition) is 2. The number of aromatic nitrogens is 2. The first-order valence-electron chi connectivity index (χ1n) is 6.92. The molecule has 0 aliphatic rings. The average molecular weight is 363 g/mol. The van der Waals surface area contributed by atoms with E-state index in [-0.39, 0.29) is 11.4 Å². The molecule has 0 spiro atoms. The van der Waals surface area contributed by atoms with E-state index in [4.69, 9.17) is 0 Å². The van der Waals surface area contributed by atoms with Crippen LogP contribution in [-0.2, 0) is 0 Å².